The number of nitrogens with two attached hydrogens (primary N) is 1. The van der Waals surface area contributed by atoms with Gasteiger partial charge in [-0.1, -0.05) is 0 Å². The summed E-state index contributed by atoms with van der Waals surface area (Å²) in [6.45, 7) is 6.86. The summed E-state index contributed by atoms with van der Waals surface area (Å²) in [6, 6.07) is 0. The molecule has 13 heteroatoms. The molecule has 0 radical (unpaired) electrons. The molecule has 3 fully saturated rings. The molecule has 0 aromatic carbocycles. The summed E-state index contributed by atoms with van der Waals surface area (Å²) in [5, 5.41) is 0. The second-order valence-corrected chi connectivity index (χ2v) is 10.5. The molecular weight excluding hydrogens is 486 g/mol. The molecule has 2 aliphatic heterocycles. The van der Waals surface area contributed by atoms with Gasteiger partial charge in [-0.05, 0) is 32.9 Å². The van der Waals surface area contributed by atoms with E-state index in [0.717, 1.165) is 55.7 Å². The van der Waals surface area contributed by atoms with Gasteiger partial charge in [0.1, 0.15) is 0 Å². The van der Waals surface area contributed by atoms with Crippen LogP contribution in [0.1, 0.15) is 12.8 Å². The first-order valence-corrected chi connectivity index (χ1v) is 13.3. The lowest BCUT2D eigenvalue weighted by atomic mass is 10.3. The molecule has 202 valence electrons. The molecule has 38 heavy (non-hydrogen) atoms. The zero-order valence-electron chi connectivity index (χ0n) is 22.1. The van der Waals surface area contributed by atoms with Crippen molar-refractivity contribution < 1.29 is 9.53 Å². The number of anilines is 3. The van der Waals surface area contributed by atoms with Crippen LogP contribution < -0.4 is 15.5 Å². The Morgan fingerprint density at radius 3 is 2.37 bits per heavy atom. The van der Waals surface area contributed by atoms with Crippen LogP contribution in [0.25, 0.3) is 22.6 Å². The molecule has 6 rings (SSSR count). The Bertz CT molecular complexity index is 1290. The molecule has 13 nitrogen and oxygen atoms in total. The molecule has 1 amide bonds. The Labute approximate surface area is 221 Å². The number of carbonyl (C=O) groups is 1. The van der Waals surface area contributed by atoms with E-state index in [1.54, 1.807) is 12.4 Å². The van der Waals surface area contributed by atoms with Gasteiger partial charge in [-0.15, -0.1) is 0 Å². The number of carbonyl (C=O) groups excluding carboxylic acids is 1. The third kappa shape index (κ3) is 5.07. The van der Waals surface area contributed by atoms with Gasteiger partial charge in [0.2, 0.25) is 17.8 Å². The normalized spacial score (nSPS) is 18.6. The quantitative estimate of drug-likeness (QED) is 0.461. The van der Waals surface area contributed by atoms with E-state index in [1.807, 2.05) is 23.9 Å². The van der Waals surface area contributed by atoms with Gasteiger partial charge in [-0.2, -0.15) is 0 Å². The third-order valence-electron chi connectivity index (χ3n) is 7.30. The van der Waals surface area contributed by atoms with Gasteiger partial charge in [-0.25, -0.2) is 24.9 Å². The van der Waals surface area contributed by atoms with E-state index in [-0.39, 0.29) is 11.9 Å². The Hall–Kier alpha value is -3.58. The number of nitrogens with zero attached hydrogens (tertiary/aromatic N) is 10. The molecule has 2 saturated heterocycles. The number of aromatic nitrogens is 6. The Morgan fingerprint density at radius 2 is 1.71 bits per heavy atom. The molecule has 3 aromatic rings. The molecule has 0 unspecified atom stereocenters. The van der Waals surface area contributed by atoms with Crippen molar-refractivity contribution in [2.24, 2.45) is 5.92 Å². The number of rotatable bonds is 7. The van der Waals surface area contributed by atoms with Crippen LogP contribution in [0.2, 0.25) is 0 Å². The number of fused-ring (bicyclic) bond motifs is 1. The second-order valence-electron chi connectivity index (χ2n) is 10.5. The number of nitrogen functional groups attached to an aromatic ring is 1. The van der Waals surface area contributed by atoms with E-state index < -0.39 is 0 Å². The topological polar surface area (TPSA) is 135 Å². The van der Waals surface area contributed by atoms with Crippen molar-refractivity contribution in [3.8, 4) is 11.4 Å². The first-order chi connectivity index (χ1) is 18.5. The first kappa shape index (κ1) is 24.7. The zero-order chi connectivity index (χ0) is 26.2. The third-order valence-corrected chi connectivity index (χ3v) is 7.30. The Balaban J connectivity index is 1.40. The fourth-order valence-electron chi connectivity index (χ4n) is 5.05. The van der Waals surface area contributed by atoms with Gasteiger partial charge in [0, 0.05) is 58.2 Å². The molecule has 3 aromatic heterocycles. The van der Waals surface area contributed by atoms with Gasteiger partial charge in [0.05, 0.1) is 25.3 Å². The van der Waals surface area contributed by atoms with Crippen LogP contribution in [0.5, 0.6) is 0 Å². The highest BCUT2D eigenvalue weighted by Crippen LogP contribution is 2.36. The minimum absolute atomic E-state index is 0.164. The molecule has 0 bridgehead atoms. The summed E-state index contributed by atoms with van der Waals surface area (Å²) in [4.78, 5) is 44.5. The minimum atomic E-state index is 0.164. The van der Waals surface area contributed by atoms with Crippen LogP contribution in [0, 0.1) is 5.92 Å². The number of amides is 1. The van der Waals surface area contributed by atoms with Crippen LogP contribution >= 0.6 is 0 Å². The predicted octanol–water partition coefficient (Wildman–Crippen LogP) is 0.322. The summed E-state index contributed by atoms with van der Waals surface area (Å²) in [5.41, 5.74) is 8.07. The maximum atomic E-state index is 12.6. The van der Waals surface area contributed by atoms with Crippen molar-refractivity contribution in [2.75, 3.05) is 88.7 Å². The molecular formula is C25H35N11O2. The zero-order valence-corrected chi connectivity index (χ0v) is 22.1. The van der Waals surface area contributed by atoms with Crippen molar-refractivity contribution >= 4 is 34.8 Å². The molecule has 5 heterocycles. The number of piperazine rings is 1. The number of hydrogen-bond acceptors (Lipinski definition) is 11. The lowest BCUT2D eigenvalue weighted by molar-refractivity contribution is -0.132. The van der Waals surface area contributed by atoms with E-state index in [0.29, 0.717) is 50.2 Å². The van der Waals surface area contributed by atoms with Gasteiger partial charge < -0.3 is 30.1 Å². The van der Waals surface area contributed by atoms with Gasteiger partial charge in [-0.3, -0.25) is 9.36 Å². The highest BCUT2D eigenvalue weighted by Gasteiger charge is 2.31. The Kier molecular flexibility index (Phi) is 6.70. The van der Waals surface area contributed by atoms with Crippen molar-refractivity contribution in [1.29, 1.82) is 0 Å². The number of ether oxygens (including phenoxy) is 1. The van der Waals surface area contributed by atoms with Gasteiger partial charge in [0.25, 0.3) is 0 Å². The lowest BCUT2D eigenvalue weighted by Crippen LogP contribution is -2.51. The highest BCUT2D eigenvalue weighted by molar-refractivity contribution is 5.88. The monoisotopic (exact) mass is 521 g/mol. The average molecular weight is 522 g/mol. The fraction of sp³-hybridized carbons (Fsp3) is 0.600. The summed E-state index contributed by atoms with van der Waals surface area (Å²) in [5.74, 6) is 3.27. The lowest BCUT2D eigenvalue weighted by Gasteiger charge is -2.36. The van der Waals surface area contributed by atoms with E-state index >= 15 is 0 Å². The number of likely N-dealkylation sites (N-methyl/N-ethyl adjacent to an activating group) is 1. The summed E-state index contributed by atoms with van der Waals surface area (Å²) < 4.78 is 7.87. The van der Waals surface area contributed by atoms with E-state index in [9.17, 15) is 4.79 Å². The molecule has 0 atom stereocenters. The van der Waals surface area contributed by atoms with Crippen molar-refractivity contribution in [1.82, 2.24) is 39.3 Å². The van der Waals surface area contributed by atoms with E-state index in [2.05, 4.69) is 24.3 Å². The van der Waals surface area contributed by atoms with Gasteiger partial charge in [0.15, 0.2) is 22.8 Å². The predicted molar refractivity (Wildman–Crippen MR) is 144 cm³/mol. The SMILES string of the molecule is CN(C)CC(=O)N1CCN(c2nc3c(N4CCOCC4)nc(-c4cnc(N)nc4)nc3n2CC2CC2)CC1. The van der Waals surface area contributed by atoms with Crippen LogP contribution in [0.4, 0.5) is 17.7 Å². The molecule has 3 aliphatic rings. The number of hydrogen-bond donors (Lipinski definition) is 1. The number of imidazole rings is 1. The second kappa shape index (κ2) is 10.3. The van der Waals surface area contributed by atoms with E-state index in [4.69, 9.17) is 25.4 Å². The fourth-order valence-corrected chi connectivity index (χ4v) is 5.05. The van der Waals surface area contributed by atoms with Gasteiger partial charge >= 0.3 is 0 Å². The molecule has 0 spiro atoms. The molecule has 1 aliphatic carbocycles. The van der Waals surface area contributed by atoms with Crippen LogP contribution in [-0.4, -0.2) is 118 Å². The summed E-state index contributed by atoms with van der Waals surface area (Å²) >= 11 is 0. The van der Waals surface area contributed by atoms with Crippen LogP contribution in [0.15, 0.2) is 12.4 Å². The highest BCUT2D eigenvalue weighted by atomic mass is 16.5. The summed E-state index contributed by atoms with van der Waals surface area (Å²) in [6.07, 6.45) is 5.76. The Morgan fingerprint density at radius 1 is 1.00 bits per heavy atom. The smallest absolute Gasteiger partial charge is 0.236 e. The first-order valence-electron chi connectivity index (χ1n) is 13.3. The van der Waals surface area contributed by atoms with Crippen LogP contribution in [0.3, 0.4) is 0 Å². The minimum Gasteiger partial charge on any atom is -0.378 e. The maximum absolute atomic E-state index is 12.6. The van der Waals surface area contributed by atoms with Crippen molar-refractivity contribution in [3.05, 3.63) is 12.4 Å². The van der Waals surface area contributed by atoms with Crippen LogP contribution in [-0.2, 0) is 16.1 Å². The van der Waals surface area contributed by atoms with E-state index in [1.165, 1.54) is 12.8 Å². The number of morpholine rings is 1. The average Bonchev–Trinajstić information content (AvgIpc) is 3.68. The van der Waals surface area contributed by atoms with Crippen molar-refractivity contribution in [3.63, 3.8) is 0 Å². The maximum Gasteiger partial charge on any atom is 0.236 e. The standard InChI is InChI=1S/C25H35N11O2/c1-32(2)16-19(37)33-5-7-35(8-6-33)25-29-20-22(34-9-11-38-12-10-34)30-21(18-13-27-24(26)28-14-18)31-23(20)36(25)15-17-3-4-17/h13-14,17H,3-12,15-16H2,1-2H3,(H2,26,27,28). The largest absolute Gasteiger partial charge is 0.378 e. The van der Waals surface area contributed by atoms with Crippen molar-refractivity contribution in [2.45, 2.75) is 19.4 Å². The molecule has 2 N–H and O–H groups in total. The molecule has 1 saturated carbocycles. The summed E-state index contributed by atoms with van der Waals surface area (Å²) in [7, 11) is 3.85.